The van der Waals surface area contributed by atoms with Crippen molar-refractivity contribution in [3.8, 4) is 0 Å². The fourth-order valence-electron chi connectivity index (χ4n) is 1.15. The Labute approximate surface area is 81.0 Å². The van der Waals surface area contributed by atoms with Crippen molar-refractivity contribution in [3.05, 3.63) is 32.9 Å². The number of hydrogen-bond acceptors (Lipinski definition) is 3. The number of nitrogens with zero attached hydrogens (tertiary/aromatic N) is 2. The van der Waals surface area contributed by atoms with E-state index >= 15 is 0 Å². The molecule has 2 rings (SSSR count). The average molecular weight is 242 g/mol. The number of aromatic amines is 1. The number of fused-ring (bicyclic) bond motifs is 1. The molecule has 0 spiro atoms. The zero-order chi connectivity index (χ0) is 9.42. The summed E-state index contributed by atoms with van der Waals surface area (Å²) in [6, 6.07) is 3.21. The Bertz CT molecular complexity index is 480. The third kappa shape index (κ3) is 1.29. The first-order chi connectivity index (χ1) is 6.18. The van der Waals surface area contributed by atoms with Crippen LogP contribution in [0.25, 0.3) is 10.9 Å². The maximum atomic E-state index is 10.6. The van der Waals surface area contributed by atoms with Crippen LogP contribution < -0.4 is 0 Å². The lowest BCUT2D eigenvalue weighted by Crippen LogP contribution is -1.89. The van der Waals surface area contributed by atoms with E-state index in [1.807, 2.05) is 0 Å². The van der Waals surface area contributed by atoms with Crippen molar-refractivity contribution in [2.45, 2.75) is 0 Å². The molecule has 1 aromatic heterocycles. The van der Waals surface area contributed by atoms with Gasteiger partial charge in [-0.05, 0) is 6.07 Å². The number of hydrogen-bond donors (Lipinski definition) is 1. The van der Waals surface area contributed by atoms with Crippen LogP contribution in [0.2, 0.25) is 0 Å². The largest absolute Gasteiger partial charge is 0.295 e. The van der Waals surface area contributed by atoms with Gasteiger partial charge in [-0.1, -0.05) is 15.9 Å². The van der Waals surface area contributed by atoms with Gasteiger partial charge in [0.05, 0.1) is 11.1 Å². The minimum absolute atomic E-state index is 0.0295. The van der Waals surface area contributed by atoms with Gasteiger partial charge in [-0.3, -0.25) is 15.2 Å². The Morgan fingerprint density at radius 2 is 2.31 bits per heavy atom. The number of aromatic nitrogens is 2. The van der Waals surface area contributed by atoms with Crippen molar-refractivity contribution in [2.75, 3.05) is 0 Å². The zero-order valence-corrected chi connectivity index (χ0v) is 7.91. The number of H-pyrrole nitrogens is 1. The Hall–Kier alpha value is -1.43. The van der Waals surface area contributed by atoms with Crippen LogP contribution in [0.5, 0.6) is 0 Å². The molecule has 0 aliphatic rings. The number of nitrogens with one attached hydrogen (secondary N) is 1. The molecule has 1 N–H and O–H groups in total. The number of rotatable bonds is 1. The highest BCUT2D eigenvalue weighted by Gasteiger charge is 2.14. The number of nitro groups is 1. The molecule has 0 fully saturated rings. The summed E-state index contributed by atoms with van der Waals surface area (Å²) in [4.78, 5) is 10.2. The van der Waals surface area contributed by atoms with Crippen LogP contribution in [0.3, 0.4) is 0 Å². The Balaban J connectivity index is 2.84. The minimum atomic E-state index is -0.439. The zero-order valence-electron chi connectivity index (χ0n) is 6.32. The van der Waals surface area contributed by atoms with E-state index in [0.717, 1.165) is 5.39 Å². The summed E-state index contributed by atoms with van der Waals surface area (Å²) in [5.74, 6) is 0. The van der Waals surface area contributed by atoms with Gasteiger partial charge in [0.25, 0.3) is 5.69 Å². The van der Waals surface area contributed by atoms with Gasteiger partial charge in [0.1, 0.15) is 5.52 Å². The van der Waals surface area contributed by atoms with Crippen molar-refractivity contribution in [1.82, 2.24) is 10.2 Å². The number of nitro benzene ring substituents is 1. The van der Waals surface area contributed by atoms with Crippen LogP contribution in [0, 0.1) is 10.1 Å². The quantitative estimate of drug-likeness (QED) is 0.615. The summed E-state index contributed by atoms with van der Waals surface area (Å²) >= 11 is 3.19. The second kappa shape index (κ2) is 2.81. The van der Waals surface area contributed by atoms with Gasteiger partial charge in [-0.25, -0.2) is 0 Å². The summed E-state index contributed by atoms with van der Waals surface area (Å²) in [6.45, 7) is 0. The average Bonchev–Trinajstić information content (AvgIpc) is 2.49. The van der Waals surface area contributed by atoms with Gasteiger partial charge in [0.2, 0.25) is 0 Å². The monoisotopic (exact) mass is 241 g/mol. The van der Waals surface area contributed by atoms with Crippen molar-refractivity contribution in [3.63, 3.8) is 0 Å². The first kappa shape index (κ1) is 8.18. The highest BCUT2D eigenvalue weighted by molar-refractivity contribution is 9.10. The molecule has 66 valence electrons. The number of halogens is 1. The van der Waals surface area contributed by atoms with E-state index in [2.05, 4.69) is 26.1 Å². The van der Waals surface area contributed by atoms with Crippen LogP contribution in [0.15, 0.2) is 22.8 Å². The summed E-state index contributed by atoms with van der Waals surface area (Å²) in [7, 11) is 0. The molecule has 1 heterocycles. The molecule has 1 aromatic carbocycles. The molecule has 0 aliphatic carbocycles. The molecular formula is C7H4BrN3O2. The Morgan fingerprint density at radius 1 is 1.54 bits per heavy atom. The predicted octanol–water partition coefficient (Wildman–Crippen LogP) is 2.23. The molecule has 0 aliphatic heterocycles. The Morgan fingerprint density at radius 3 is 3.00 bits per heavy atom. The van der Waals surface area contributed by atoms with Gasteiger partial charge in [-0.2, -0.15) is 5.10 Å². The van der Waals surface area contributed by atoms with E-state index in [1.54, 1.807) is 12.3 Å². The van der Waals surface area contributed by atoms with E-state index in [1.165, 1.54) is 6.07 Å². The fraction of sp³-hybridized carbons (Fsp3) is 0. The maximum absolute atomic E-state index is 10.6. The van der Waals surface area contributed by atoms with Crippen LogP contribution >= 0.6 is 15.9 Å². The molecule has 2 aromatic rings. The fourth-order valence-corrected chi connectivity index (χ4v) is 1.61. The first-order valence-corrected chi connectivity index (χ1v) is 4.25. The molecular weight excluding hydrogens is 238 g/mol. The molecule has 0 saturated heterocycles. The first-order valence-electron chi connectivity index (χ1n) is 3.45. The van der Waals surface area contributed by atoms with Gasteiger partial charge in [0, 0.05) is 15.9 Å². The van der Waals surface area contributed by atoms with E-state index in [4.69, 9.17) is 0 Å². The lowest BCUT2D eigenvalue weighted by atomic mass is 10.2. The molecule has 0 unspecified atom stereocenters. The highest BCUT2D eigenvalue weighted by atomic mass is 79.9. The van der Waals surface area contributed by atoms with Crippen LogP contribution in [-0.2, 0) is 0 Å². The summed E-state index contributed by atoms with van der Waals surface area (Å²) in [6.07, 6.45) is 1.55. The van der Waals surface area contributed by atoms with E-state index < -0.39 is 4.92 Å². The summed E-state index contributed by atoms with van der Waals surface area (Å²) in [5.41, 5.74) is 0.482. The third-order valence-corrected chi connectivity index (χ3v) is 2.15. The second-order valence-corrected chi connectivity index (χ2v) is 3.43. The molecule has 0 bridgehead atoms. The van der Waals surface area contributed by atoms with Gasteiger partial charge in [-0.15, -0.1) is 0 Å². The van der Waals surface area contributed by atoms with E-state index in [0.29, 0.717) is 9.99 Å². The topological polar surface area (TPSA) is 71.8 Å². The molecule has 5 nitrogen and oxygen atoms in total. The van der Waals surface area contributed by atoms with E-state index in [-0.39, 0.29) is 5.69 Å². The minimum Gasteiger partial charge on any atom is -0.271 e. The standard InChI is InChI=1S/C7H4BrN3O2/c8-5-1-4-3-9-10-7(4)6(2-5)11(12)13/h1-3H,(H,9,10). The van der Waals surface area contributed by atoms with Crippen LogP contribution in [-0.4, -0.2) is 15.1 Å². The van der Waals surface area contributed by atoms with Crippen molar-refractivity contribution >= 4 is 32.5 Å². The molecule has 0 amide bonds. The SMILES string of the molecule is O=[N+]([O-])c1cc(Br)cc2cn[nH]c12. The van der Waals surface area contributed by atoms with Crippen molar-refractivity contribution in [2.24, 2.45) is 0 Å². The van der Waals surface area contributed by atoms with E-state index in [9.17, 15) is 10.1 Å². The summed E-state index contributed by atoms with van der Waals surface area (Å²) < 4.78 is 0.674. The molecule has 0 radical (unpaired) electrons. The molecule has 0 saturated carbocycles. The highest BCUT2D eigenvalue weighted by Crippen LogP contribution is 2.27. The van der Waals surface area contributed by atoms with Crippen LogP contribution in [0.4, 0.5) is 5.69 Å². The van der Waals surface area contributed by atoms with Crippen molar-refractivity contribution < 1.29 is 4.92 Å². The maximum Gasteiger partial charge on any atom is 0.295 e. The lowest BCUT2D eigenvalue weighted by Gasteiger charge is -1.94. The normalized spacial score (nSPS) is 10.5. The number of benzene rings is 1. The van der Waals surface area contributed by atoms with Gasteiger partial charge in [0.15, 0.2) is 0 Å². The number of non-ortho nitro benzene ring substituents is 1. The third-order valence-electron chi connectivity index (χ3n) is 1.69. The van der Waals surface area contributed by atoms with Crippen LogP contribution in [0.1, 0.15) is 0 Å². The molecule has 13 heavy (non-hydrogen) atoms. The summed E-state index contributed by atoms with van der Waals surface area (Å²) in [5, 5.41) is 17.6. The smallest absolute Gasteiger partial charge is 0.271 e. The second-order valence-electron chi connectivity index (χ2n) is 2.52. The predicted molar refractivity (Wildman–Crippen MR) is 50.4 cm³/mol. The molecule has 0 atom stereocenters. The van der Waals surface area contributed by atoms with Gasteiger partial charge >= 0.3 is 0 Å². The van der Waals surface area contributed by atoms with Crippen molar-refractivity contribution in [1.29, 1.82) is 0 Å². The lowest BCUT2D eigenvalue weighted by molar-refractivity contribution is -0.383. The van der Waals surface area contributed by atoms with Gasteiger partial charge < -0.3 is 0 Å². The Kier molecular flexibility index (Phi) is 1.77. The molecule has 6 heteroatoms.